The van der Waals surface area contributed by atoms with Gasteiger partial charge in [0.1, 0.15) is 0 Å². The molecule has 0 saturated carbocycles. The van der Waals surface area contributed by atoms with Crippen LogP contribution < -0.4 is 4.90 Å². The molecule has 5 nitrogen and oxygen atoms in total. The number of carbonyl (C=O) groups excluding carboxylic acids is 1. The lowest BCUT2D eigenvalue weighted by Gasteiger charge is -2.30. The molecule has 0 spiro atoms. The van der Waals surface area contributed by atoms with Gasteiger partial charge >= 0.3 is 0 Å². The first-order chi connectivity index (χ1) is 10.1. The summed E-state index contributed by atoms with van der Waals surface area (Å²) in [7, 11) is 2.11. The number of fused-ring (bicyclic) bond motifs is 1. The number of likely N-dealkylation sites (N-methyl/N-ethyl adjacent to an activating group) is 1. The highest BCUT2D eigenvalue weighted by atomic mass is 16.2. The van der Waals surface area contributed by atoms with Crippen LogP contribution >= 0.6 is 0 Å². The summed E-state index contributed by atoms with van der Waals surface area (Å²) in [4.78, 5) is 16.8. The summed E-state index contributed by atoms with van der Waals surface area (Å²) in [5.41, 5.74) is 2.52. The Kier molecular flexibility index (Phi) is 3.68. The van der Waals surface area contributed by atoms with Gasteiger partial charge in [-0.05, 0) is 27.0 Å². The fourth-order valence-electron chi connectivity index (χ4n) is 2.87. The summed E-state index contributed by atoms with van der Waals surface area (Å²) in [6.07, 6.45) is 0. The van der Waals surface area contributed by atoms with Crippen molar-refractivity contribution in [1.82, 2.24) is 9.91 Å². The van der Waals surface area contributed by atoms with Crippen molar-refractivity contribution in [2.75, 3.05) is 38.1 Å². The van der Waals surface area contributed by atoms with Gasteiger partial charge in [-0.25, -0.2) is 0 Å². The third-order valence-electron chi connectivity index (χ3n) is 4.08. The number of hydrogen-bond donors (Lipinski definition) is 0. The summed E-state index contributed by atoms with van der Waals surface area (Å²) in [5, 5.41) is 6.68. The van der Waals surface area contributed by atoms with E-state index >= 15 is 0 Å². The van der Waals surface area contributed by atoms with Crippen LogP contribution in [0.5, 0.6) is 0 Å². The van der Waals surface area contributed by atoms with Crippen molar-refractivity contribution < 1.29 is 4.79 Å². The van der Waals surface area contributed by atoms with Gasteiger partial charge in [0.25, 0.3) is 5.91 Å². The zero-order valence-corrected chi connectivity index (χ0v) is 12.9. The van der Waals surface area contributed by atoms with Gasteiger partial charge in [-0.15, -0.1) is 0 Å². The Bertz CT molecular complexity index is 573. The molecule has 0 atom stereocenters. The topological polar surface area (TPSA) is 39.2 Å². The number of amides is 1. The predicted octanol–water partition coefficient (Wildman–Crippen LogP) is 1.39. The molecule has 0 unspecified atom stereocenters. The van der Waals surface area contributed by atoms with Gasteiger partial charge < -0.3 is 9.80 Å². The maximum atomic E-state index is 12.7. The van der Waals surface area contributed by atoms with Gasteiger partial charge in [0.2, 0.25) is 0 Å². The van der Waals surface area contributed by atoms with Crippen LogP contribution in [0.15, 0.2) is 29.4 Å². The van der Waals surface area contributed by atoms with Crippen LogP contribution in [0.4, 0.5) is 5.69 Å². The maximum absolute atomic E-state index is 12.7. The van der Waals surface area contributed by atoms with Gasteiger partial charge in [0.05, 0.1) is 5.69 Å². The van der Waals surface area contributed by atoms with Crippen molar-refractivity contribution in [3.05, 3.63) is 29.8 Å². The molecule has 1 amide bonds. The zero-order valence-electron chi connectivity index (χ0n) is 12.9. The van der Waals surface area contributed by atoms with Gasteiger partial charge in [0.15, 0.2) is 5.71 Å². The number of carbonyl (C=O) groups is 1. The van der Waals surface area contributed by atoms with E-state index in [4.69, 9.17) is 0 Å². The van der Waals surface area contributed by atoms with E-state index in [-0.39, 0.29) is 11.9 Å². The van der Waals surface area contributed by atoms with E-state index in [0.29, 0.717) is 5.71 Å². The van der Waals surface area contributed by atoms with Crippen LogP contribution in [0, 0.1) is 0 Å². The molecule has 112 valence electrons. The number of benzene rings is 1. The molecule has 1 aromatic rings. The lowest BCUT2D eigenvalue weighted by Crippen LogP contribution is -2.43. The van der Waals surface area contributed by atoms with Crippen LogP contribution in [0.1, 0.15) is 19.4 Å². The highest BCUT2D eigenvalue weighted by molar-refractivity contribution is 6.54. The molecule has 0 N–H and O–H groups in total. The molecular formula is C16H22N4O. The molecule has 1 aromatic carbocycles. The quantitative estimate of drug-likeness (QED) is 0.825. The molecule has 0 aliphatic carbocycles. The van der Waals surface area contributed by atoms with E-state index in [0.717, 1.165) is 37.4 Å². The predicted molar refractivity (Wildman–Crippen MR) is 84.7 cm³/mol. The fourth-order valence-corrected chi connectivity index (χ4v) is 2.87. The third-order valence-corrected chi connectivity index (χ3v) is 4.08. The highest BCUT2D eigenvalue weighted by Crippen LogP contribution is 2.31. The Labute approximate surface area is 125 Å². The van der Waals surface area contributed by atoms with Gasteiger partial charge in [-0.3, -0.25) is 9.80 Å². The Morgan fingerprint density at radius 1 is 1.10 bits per heavy atom. The average Bonchev–Trinajstić information content (AvgIpc) is 2.74. The molecular weight excluding hydrogens is 264 g/mol. The normalized spacial score (nSPS) is 21.5. The lowest BCUT2D eigenvalue weighted by atomic mass is 10.1. The van der Waals surface area contributed by atoms with Crippen LogP contribution in [0.2, 0.25) is 0 Å². The Balaban J connectivity index is 1.94. The highest BCUT2D eigenvalue weighted by Gasteiger charge is 2.35. The summed E-state index contributed by atoms with van der Waals surface area (Å²) >= 11 is 0. The Hall–Kier alpha value is -1.88. The lowest BCUT2D eigenvalue weighted by molar-refractivity contribution is -0.112. The van der Waals surface area contributed by atoms with Gasteiger partial charge in [-0.2, -0.15) is 5.10 Å². The van der Waals surface area contributed by atoms with Crippen LogP contribution in [0.25, 0.3) is 0 Å². The number of rotatable bonds is 2. The minimum absolute atomic E-state index is 0.0186. The molecule has 1 fully saturated rings. The molecule has 1 saturated heterocycles. The van der Waals surface area contributed by atoms with Crippen molar-refractivity contribution in [1.29, 1.82) is 0 Å². The minimum atomic E-state index is 0.0186. The Morgan fingerprint density at radius 3 is 2.43 bits per heavy atom. The average molecular weight is 286 g/mol. The van der Waals surface area contributed by atoms with Gasteiger partial charge in [0, 0.05) is 37.8 Å². The second kappa shape index (κ2) is 5.48. The van der Waals surface area contributed by atoms with Crippen molar-refractivity contribution in [3.63, 3.8) is 0 Å². The summed E-state index contributed by atoms with van der Waals surface area (Å²) in [6, 6.07) is 8.07. The third kappa shape index (κ3) is 2.53. The van der Waals surface area contributed by atoms with E-state index in [1.807, 2.05) is 48.0 Å². The molecule has 21 heavy (non-hydrogen) atoms. The maximum Gasteiger partial charge on any atom is 0.279 e. The largest absolute Gasteiger partial charge is 0.304 e. The summed E-state index contributed by atoms with van der Waals surface area (Å²) < 4.78 is 0. The van der Waals surface area contributed by atoms with Gasteiger partial charge in [-0.1, -0.05) is 18.2 Å². The van der Waals surface area contributed by atoms with E-state index in [9.17, 15) is 4.79 Å². The second-order valence-electron chi connectivity index (χ2n) is 5.99. The molecule has 0 aromatic heterocycles. The zero-order chi connectivity index (χ0) is 15.0. The number of para-hydroxylation sites is 1. The molecule has 0 radical (unpaired) electrons. The molecule has 2 aliphatic heterocycles. The standard InChI is InChI=1S/C16H22N4O/c1-12(2)20-14-7-5-4-6-13(14)15(16(20)21)17-19-10-8-18(3)9-11-19/h4-7,12H,8-11H2,1-3H3/b17-15+. The number of piperazine rings is 1. The fraction of sp³-hybridized carbons (Fsp3) is 0.500. The molecule has 2 heterocycles. The number of nitrogens with zero attached hydrogens (tertiary/aromatic N) is 4. The van der Waals surface area contributed by atoms with Crippen molar-refractivity contribution in [2.45, 2.75) is 19.9 Å². The number of hydrazone groups is 1. The van der Waals surface area contributed by atoms with Crippen molar-refractivity contribution in [2.24, 2.45) is 5.10 Å². The van der Waals surface area contributed by atoms with E-state index in [2.05, 4.69) is 17.0 Å². The monoisotopic (exact) mass is 286 g/mol. The van der Waals surface area contributed by atoms with Crippen LogP contribution in [0.3, 0.4) is 0 Å². The number of anilines is 1. The van der Waals surface area contributed by atoms with Crippen LogP contribution in [-0.2, 0) is 4.79 Å². The first-order valence-electron chi connectivity index (χ1n) is 7.53. The number of hydrogen-bond acceptors (Lipinski definition) is 4. The molecule has 3 rings (SSSR count). The van der Waals surface area contributed by atoms with E-state index in [1.165, 1.54) is 0 Å². The molecule has 0 bridgehead atoms. The van der Waals surface area contributed by atoms with E-state index in [1.54, 1.807) is 0 Å². The molecule has 2 aliphatic rings. The Morgan fingerprint density at radius 2 is 1.76 bits per heavy atom. The first-order valence-corrected chi connectivity index (χ1v) is 7.53. The smallest absolute Gasteiger partial charge is 0.279 e. The van der Waals surface area contributed by atoms with Crippen molar-refractivity contribution >= 4 is 17.3 Å². The summed E-state index contributed by atoms with van der Waals surface area (Å²) in [5.74, 6) is 0.0186. The minimum Gasteiger partial charge on any atom is -0.304 e. The molecule has 5 heteroatoms. The van der Waals surface area contributed by atoms with Crippen molar-refractivity contribution in [3.8, 4) is 0 Å². The van der Waals surface area contributed by atoms with E-state index < -0.39 is 0 Å². The summed E-state index contributed by atoms with van der Waals surface area (Å²) in [6.45, 7) is 7.79. The second-order valence-corrected chi connectivity index (χ2v) is 5.99. The SMILES string of the molecule is CC(C)N1C(=O)/C(=N/N2CCN(C)CC2)c2ccccc21. The van der Waals surface area contributed by atoms with Crippen LogP contribution in [-0.4, -0.2) is 60.8 Å². The first kappa shape index (κ1) is 14.1.